The summed E-state index contributed by atoms with van der Waals surface area (Å²) in [6.07, 6.45) is 0.438. The lowest BCUT2D eigenvalue weighted by Gasteiger charge is -2.32. The second kappa shape index (κ2) is 5.98. The van der Waals surface area contributed by atoms with Crippen molar-refractivity contribution >= 4 is 33.9 Å². The molecule has 0 saturated carbocycles. The fourth-order valence-electron chi connectivity index (χ4n) is 4.15. The Labute approximate surface area is 161 Å². The molecule has 6 heteroatoms. The van der Waals surface area contributed by atoms with Crippen molar-refractivity contribution in [1.29, 1.82) is 5.26 Å². The minimum absolute atomic E-state index is 0.120. The van der Waals surface area contributed by atoms with E-state index in [1.165, 1.54) is 0 Å². The number of aliphatic hydroxyl groups excluding tert-OH is 1. The van der Waals surface area contributed by atoms with Gasteiger partial charge in [0.25, 0.3) is 0 Å². The van der Waals surface area contributed by atoms with Gasteiger partial charge in [-0.05, 0) is 30.7 Å². The molecule has 5 rings (SSSR count). The molecule has 1 aromatic heterocycles. The molecule has 136 valence electrons. The Morgan fingerprint density at radius 3 is 2.79 bits per heavy atom. The molecule has 0 radical (unpaired) electrons. The van der Waals surface area contributed by atoms with E-state index in [2.05, 4.69) is 11.1 Å². The minimum atomic E-state index is -1.08. The number of aromatic nitrogens is 1. The van der Waals surface area contributed by atoms with E-state index in [9.17, 15) is 15.2 Å². The van der Waals surface area contributed by atoms with E-state index in [1.807, 2.05) is 41.3 Å². The molecule has 28 heavy (non-hydrogen) atoms. The van der Waals surface area contributed by atoms with Crippen LogP contribution in [0, 0.1) is 16.7 Å². The van der Waals surface area contributed by atoms with Crippen LogP contribution in [0.15, 0.2) is 59.6 Å². The average Bonchev–Trinajstić information content (AvgIpc) is 3.12. The van der Waals surface area contributed by atoms with Crippen LogP contribution in [0.2, 0.25) is 0 Å². The molecule has 1 atom stereocenters. The van der Waals surface area contributed by atoms with Crippen molar-refractivity contribution in [2.24, 2.45) is 10.4 Å². The summed E-state index contributed by atoms with van der Waals surface area (Å²) in [4.78, 5) is 24.3. The first-order valence-electron chi connectivity index (χ1n) is 9.09. The maximum absolute atomic E-state index is 13.2. The second-order valence-electron chi connectivity index (χ2n) is 7.08. The molecule has 0 aliphatic carbocycles. The van der Waals surface area contributed by atoms with E-state index in [4.69, 9.17) is 4.99 Å². The van der Waals surface area contributed by atoms with Crippen molar-refractivity contribution < 1.29 is 9.90 Å². The number of amidine groups is 1. The van der Waals surface area contributed by atoms with Gasteiger partial charge < -0.3 is 10.0 Å². The standard InChI is InChI=1S/C22H16N4O2/c23-12-18-19(11-14-5-1-3-7-16(14)24-18)26-10-9-22(13-27)20(28)15-6-2-4-8-17(15)25-21(22)26/h1-8,11,27H,9-10,13H2/t22-/m0/s1. The van der Waals surface area contributed by atoms with Crippen molar-refractivity contribution in [3.8, 4) is 6.07 Å². The minimum Gasteiger partial charge on any atom is -0.395 e. The molecular formula is C22H16N4O2. The first-order chi connectivity index (χ1) is 13.7. The van der Waals surface area contributed by atoms with E-state index < -0.39 is 5.41 Å². The molecule has 1 fully saturated rings. The number of hydrogen-bond acceptors (Lipinski definition) is 6. The van der Waals surface area contributed by atoms with Crippen molar-refractivity contribution in [2.75, 3.05) is 18.1 Å². The first kappa shape index (κ1) is 16.6. The molecule has 1 saturated heterocycles. The van der Waals surface area contributed by atoms with Crippen LogP contribution in [0.25, 0.3) is 10.9 Å². The summed E-state index contributed by atoms with van der Waals surface area (Å²) in [5.41, 5.74) is 1.67. The summed E-state index contributed by atoms with van der Waals surface area (Å²) in [5, 5.41) is 20.8. The van der Waals surface area contributed by atoms with Crippen LogP contribution in [0.4, 0.5) is 11.4 Å². The number of rotatable bonds is 2. The molecular weight excluding hydrogens is 352 g/mol. The summed E-state index contributed by atoms with van der Waals surface area (Å²) in [7, 11) is 0. The number of aliphatic imine (C=N–C) groups is 1. The monoisotopic (exact) mass is 368 g/mol. The average molecular weight is 368 g/mol. The number of nitrogens with zero attached hydrogens (tertiary/aromatic N) is 4. The second-order valence-corrected chi connectivity index (χ2v) is 7.08. The molecule has 0 bridgehead atoms. The van der Waals surface area contributed by atoms with Gasteiger partial charge in [0.1, 0.15) is 17.3 Å². The number of Topliss-reactive ketones (excluding diaryl/α,β-unsaturated/α-hetero) is 1. The van der Waals surface area contributed by atoms with Crippen LogP contribution < -0.4 is 4.90 Å². The van der Waals surface area contributed by atoms with E-state index >= 15 is 0 Å². The van der Waals surface area contributed by atoms with Crippen LogP contribution in [-0.2, 0) is 0 Å². The number of fused-ring (bicyclic) bond motifs is 3. The normalized spacial score (nSPS) is 20.5. The smallest absolute Gasteiger partial charge is 0.181 e. The Bertz CT molecular complexity index is 1210. The summed E-state index contributed by atoms with van der Waals surface area (Å²) >= 11 is 0. The molecule has 1 N–H and O–H groups in total. The number of ketones is 1. The van der Waals surface area contributed by atoms with Gasteiger partial charge in [0, 0.05) is 17.5 Å². The number of aliphatic hydroxyl groups is 1. The number of carbonyl (C=O) groups is 1. The third-order valence-corrected chi connectivity index (χ3v) is 5.63. The van der Waals surface area contributed by atoms with Crippen LogP contribution in [0.1, 0.15) is 22.5 Å². The fraction of sp³-hybridized carbons (Fsp3) is 0.182. The Hall–Kier alpha value is -3.56. The molecule has 0 amide bonds. The lowest BCUT2D eigenvalue weighted by Crippen LogP contribution is -2.45. The number of benzene rings is 2. The highest BCUT2D eigenvalue weighted by atomic mass is 16.3. The van der Waals surface area contributed by atoms with Crippen LogP contribution in [0.3, 0.4) is 0 Å². The van der Waals surface area contributed by atoms with Crippen molar-refractivity contribution in [3.05, 3.63) is 65.9 Å². The molecule has 2 aliphatic rings. The molecule has 3 heterocycles. The maximum atomic E-state index is 13.2. The highest BCUT2D eigenvalue weighted by molar-refractivity contribution is 6.26. The highest BCUT2D eigenvalue weighted by Crippen LogP contribution is 2.45. The number of pyridine rings is 1. The molecule has 0 spiro atoms. The van der Waals surface area contributed by atoms with Crippen molar-refractivity contribution in [3.63, 3.8) is 0 Å². The fourth-order valence-corrected chi connectivity index (χ4v) is 4.15. The van der Waals surface area contributed by atoms with E-state index in [0.29, 0.717) is 35.7 Å². The zero-order valence-electron chi connectivity index (χ0n) is 15.0. The summed E-state index contributed by atoms with van der Waals surface area (Å²) in [5.74, 6) is 0.373. The quantitative estimate of drug-likeness (QED) is 0.750. The Kier molecular flexibility index (Phi) is 3.54. The van der Waals surface area contributed by atoms with Gasteiger partial charge >= 0.3 is 0 Å². The zero-order chi connectivity index (χ0) is 19.3. The van der Waals surface area contributed by atoms with Gasteiger partial charge in [-0.1, -0.05) is 30.3 Å². The topological polar surface area (TPSA) is 89.6 Å². The summed E-state index contributed by atoms with van der Waals surface area (Å²) < 4.78 is 0. The van der Waals surface area contributed by atoms with Gasteiger partial charge in [-0.3, -0.25) is 4.79 Å². The number of hydrogen-bond donors (Lipinski definition) is 1. The Morgan fingerprint density at radius 1 is 1.18 bits per heavy atom. The Morgan fingerprint density at radius 2 is 1.96 bits per heavy atom. The largest absolute Gasteiger partial charge is 0.395 e. The summed E-state index contributed by atoms with van der Waals surface area (Å²) in [6.45, 7) is 0.159. The Balaban J connectivity index is 1.73. The van der Waals surface area contributed by atoms with E-state index in [0.717, 1.165) is 10.9 Å². The number of para-hydroxylation sites is 2. The lowest BCUT2D eigenvalue weighted by atomic mass is 9.77. The molecule has 3 aromatic rings. The van der Waals surface area contributed by atoms with E-state index in [1.54, 1.807) is 18.2 Å². The third-order valence-electron chi connectivity index (χ3n) is 5.63. The number of nitriles is 1. The lowest BCUT2D eigenvalue weighted by molar-refractivity contribution is 0.0783. The van der Waals surface area contributed by atoms with Gasteiger partial charge in [0.05, 0.1) is 23.5 Å². The van der Waals surface area contributed by atoms with Crippen LogP contribution in [-0.4, -0.2) is 34.9 Å². The predicted molar refractivity (Wildman–Crippen MR) is 106 cm³/mol. The zero-order valence-corrected chi connectivity index (χ0v) is 15.0. The van der Waals surface area contributed by atoms with Gasteiger partial charge in [0.15, 0.2) is 11.5 Å². The molecule has 2 aliphatic heterocycles. The van der Waals surface area contributed by atoms with Crippen molar-refractivity contribution in [2.45, 2.75) is 6.42 Å². The van der Waals surface area contributed by atoms with Gasteiger partial charge in [0.2, 0.25) is 0 Å². The summed E-state index contributed by atoms with van der Waals surface area (Å²) in [6, 6.07) is 18.8. The maximum Gasteiger partial charge on any atom is 0.181 e. The first-order valence-corrected chi connectivity index (χ1v) is 9.09. The van der Waals surface area contributed by atoms with Crippen LogP contribution in [0.5, 0.6) is 0 Å². The van der Waals surface area contributed by atoms with Gasteiger partial charge in [-0.2, -0.15) is 5.26 Å². The van der Waals surface area contributed by atoms with Gasteiger partial charge in [-0.25, -0.2) is 9.98 Å². The number of anilines is 1. The SMILES string of the molecule is N#Cc1nc2ccccc2cc1N1CC[C@]2(CO)C(=O)c3ccccc3N=C12. The highest BCUT2D eigenvalue weighted by Gasteiger charge is 2.53. The van der Waals surface area contributed by atoms with Gasteiger partial charge in [-0.15, -0.1) is 0 Å². The predicted octanol–water partition coefficient (Wildman–Crippen LogP) is 3.22. The van der Waals surface area contributed by atoms with E-state index in [-0.39, 0.29) is 18.1 Å². The molecule has 2 aromatic carbocycles. The van der Waals surface area contributed by atoms with Crippen LogP contribution >= 0.6 is 0 Å². The number of carbonyl (C=O) groups excluding carboxylic acids is 1. The van der Waals surface area contributed by atoms with Crippen molar-refractivity contribution in [1.82, 2.24) is 4.98 Å². The molecule has 0 unspecified atom stereocenters. The molecule has 6 nitrogen and oxygen atoms in total. The third kappa shape index (κ3) is 2.14.